The Balaban J connectivity index is 2.78. The van der Waals surface area contributed by atoms with Crippen molar-refractivity contribution in [2.75, 3.05) is 38.3 Å². The van der Waals surface area contributed by atoms with E-state index in [0.29, 0.717) is 13.2 Å². The number of rotatable bonds is 6. The van der Waals surface area contributed by atoms with Crippen LogP contribution in [-0.2, 0) is 4.74 Å². The predicted molar refractivity (Wildman–Crippen MR) is 64.6 cm³/mol. The third kappa shape index (κ3) is 3.43. The molecule has 0 bridgehead atoms. The van der Waals surface area contributed by atoms with Crippen LogP contribution in [0.2, 0.25) is 0 Å². The summed E-state index contributed by atoms with van der Waals surface area (Å²) in [6.07, 6.45) is 1.79. The first-order chi connectivity index (χ1) is 7.69. The van der Waals surface area contributed by atoms with Crippen LogP contribution in [0.4, 0.5) is 5.82 Å². The minimum atomic E-state index is 0.596. The summed E-state index contributed by atoms with van der Waals surface area (Å²) in [5, 5.41) is 0. The molecule has 2 N–H and O–H groups in total. The Kier molecular flexibility index (Phi) is 5.14. The highest BCUT2D eigenvalue weighted by molar-refractivity contribution is 5.37. The molecule has 0 unspecified atom stereocenters. The predicted octanol–water partition coefficient (Wildman–Crippen LogP) is 0.505. The van der Waals surface area contributed by atoms with Crippen molar-refractivity contribution in [3.8, 4) is 0 Å². The minimum absolute atomic E-state index is 0.596. The summed E-state index contributed by atoms with van der Waals surface area (Å²) in [7, 11) is 1.69. The van der Waals surface area contributed by atoms with Gasteiger partial charge in [0.1, 0.15) is 5.82 Å². The van der Waals surface area contributed by atoms with E-state index in [1.54, 1.807) is 13.3 Å². The van der Waals surface area contributed by atoms with E-state index in [0.717, 1.165) is 30.3 Å². The molecule has 1 aromatic heterocycles. The quantitative estimate of drug-likeness (QED) is 0.762. The van der Waals surface area contributed by atoms with E-state index in [9.17, 15) is 0 Å². The van der Waals surface area contributed by atoms with E-state index in [1.165, 1.54) is 0 Å². The van der Waals surface area contributed by atoms with E-state index in [-0.39, 0.29) is 0 Å². The number of nitrogens with zero attached hydrogens (tertiary/aromatic N) is 3. The van der Waals surface area contributed by atoms with Crippen LogP contribution in [0.5, 0.6) is 0 Å². The van der Waals surface area contributed by atoms with Gasteiger partial charge in [-0.1, -0.05) is 0 Å². The molecule has 5 nitrogen and oxygen atoms in total. The Labute approximate surface area is 96.6 Å². The molecule has 0 saturated carbocycles. The Morgan fingerprint density at radius 1 is 1.31 bits per heavy atom. The topological polar surface area (TPSA) is 64.3 Å². The SMILES string of the molecule is COCCN(CCN)c1cnc(C)c(C)n1. The lowest BCUT2D eigenvalue weighted by Crippen LogP contribution is -2.33. The number of aromatic nitrogens is 2. The fourth-order valence-corrected chi connectivity index (χ4v) is 1.38. The maximum atomic E-state index is 5.58. The maximum absolute atomic E-state index is 5.58. The molecule has 0 radical (unpaired) electrons. The number of ether oxygens (including phenoxy) is 1. The lowest BCUT2D eigenvalue weighted by atomic mass is 10.3. The third-order valence-electron chi connectivity index (χ3n) is 2.47. The van der Waals surface area contributed by atoms with Gasteiger partial charge in [0, 0.05) is 26.7 Å². The zero-order valence-electron chi connectivity index (χ0n) is 10.2. The number of nitrogens with two attached hydrogens (primary N) is 1. The van der Waals surface area contributed by atoms with Crippen molar-refractivity contribution in [3.63, 3.8) is 0 Å². The van der Waals surface area contributed by atoms with Crippen LogP contribution < -0.4 is 10.6 Å². The highest BCUT2D eigenvalue weighted by Crippen LogP contribution is 2.10. The summed E-state index contributed by atoms with van der Waals surface area (Å²) in [5.41, 5.74) is 7.49. The second-order valence-corrected chi connectivity index (χ2v) is 3.67. The first-order valence-electron chi connectivity index (χ1n) is 5.43. The summed E-state index contributed by atoms with van der Waals surface area (Å²) < 4.78 is 5.06. The Morgan fingerprint density at radius 2 is 2.06 bits per heavy atom. The fraction of sp³-hybridized carbons (Fsp3) is 0.636. The zero-order valence-corrected chi connectivity index (χ0v) is 10.2. The molecule has 5 heteroatoms. The standard InChI is InChI=1S/C11H20N4O/c1-9-10(2)14-11(8-13-9)15(5-4-12)6-7-16-3/h8H,4-7,12H2,1-3H3. The average Bonchev–Trinajstić information content (AvgIpc) is 2.28. The van der Waals surface area contributed by atoms with E-state index >= 15 is 0 Å². The number of methoxy groups -OCH3 is 1. The van der Waals surface area contributed by atoms with Gasteiger partial charge >= 0.3 is 0 Å². The molecule has 0 fully saturated rings. The van der Waals surface area contributed by atoms with Gasteiger partial charge in [-0.15, -0.1) is 0 Å². The number of aryl methyl sites for hydroxylation is 2. The van der Waals surface area contributed by atoms with Crippen molar-refractivity contribution < 1.29 is 4.74 Å². The molecular formula is C11H20N4O. The van der Waals surface area contributed by atoms with Gasteiger partial charge < -0.3 is 15.4 Å². The highest BCUT2D eigenvalue weighted by atomic mass is 16.5. The smallest absolute Gasteiger partial charge is 0.147 e. The second-order valence-electron chi connectivity index (χ2n) is 3.67. The molecule has 0 aliphatic carbocycles. The van der Waals surface area contributed by atoms with Crippen molar-refractivity contribution in [2.45, 2.75) is 13.8 Å². The first kappa shape index (κ1) is 12.9. The van der Waals surface area contributed by atoms with Crippen molar-refractivity contribution in [3.05, 3.63) is 17.6 Å². The average molecular weight is 224 g/mol. The lowest BCUT2D eigenvalue weighted by Gasteiger charge is -2.22. The van der Waals surface area contributed by atoms with Crippen molar-refractivity contribution in [1.82, 2.24) is 9.97 Å². The maximum Gasteiger partial charge on any atom is 0.147 e. The third-order valence-corrected chi connectivity index (χ3v) is 2.47. The molecule has 16 heavy (non-hydrogen) atoms. The zero-order chi connectivity index (χ0) is 12.0. The molecule has 0 spiro atoms. The van der Waals surface area contributed by atoms with Crippen LogP contribution in [-0.4, -0.2) is 43.3 Å². The lowest BCUT2D eigenvalue weighted by molar-refractivity contribution is 0.205. The second kappa shape index (κ2) is 6.40. The summed E-state index contributed by atoms with van der Waals surface area (Å²) in [5.74, 6) is 0.866. The Bertz CT molecular complexity index is 330. The molecule has 1 rings (SSSR count). The van der Waals surface area contributed by atoms with Gasteiger partial charge in [0.25, 0.3) is 0 Å². The largest absolute Gasteiger partial charge is 0.383 e. The molecule has 0 amide bonds. The Hall–Kier alpha value is -1.20. The molecule has 90 valence electrons. The summed E-state index contributed by atoms with van der Waals surface area (Å²) in [6.45, 7) is 6.72. The Morgan fingerprint density at radius 3 is 2.62 bits per heavy atom. The van der Waals surface area contributed by atoms with Crippen molar-refractivity contribution in [2.24, 2.45) is 5.73 Å². The van der Waals surface area contributed by atoms with Crippen LogP contribution in [0.15, 0.2) is 6.20 Å². The van der Waals surface area contributed by atoms with Gasteiger partial charge in [-0.05, 0) is 13.8 Å². The summed E-state index contributed by atoms with van der Waals surface area (Å²) in [4.78, 5) is 10.9. The van der Waals surface area contributed by atoms with Crippen molar-refractivity contribution in [1.29, 1.82) is 0 Å². The van der Waals surface area contributed by atoms with E-state index < -0.39 is 0 Å². The van der Waals surface area contributed by atoms with Crippen LogP contribution >= 0.6 is 0 Å². The van der Waals surface area contributed by atoms with E-state index in [4.69, 9.17) is 10.5 Å². The molecule has 0 atom stereocenters. The number of hydrogen-bond acceptors (Lipinski definition) is 5. The molecule has 1 aromatic rings. The molecule has 0 aliphatic heterocycles. The van der Waals surface area contributed by atoms with Crippen LogP contribution in [0.25, 0.3) is 0 Å². The van der Waals surface area contributed by atoms with E-state index in [2.05, 4.69) is 14.9 Å². The first-order valence-corrected chi connectivity index (χ1v) is 5.43. The molecule has 0 aromatic carbocycles. The van der Waals surface area contributed by atoms with Gasteiger partial charge in [-0.3, -0.25) is 4.98 Å². The van der Waals surface area contributed by atoms with Gasteiger partial charge in [0.15, 0.2) is 0 Å². The minimum Gasteiger partial charge on any atom is -0.383 e. The normalized spacial score (nSPS) is 10.5. The summed E-state index contributed by atoms with van der Waals surface area (Å²) in [6, 6.07) is 0. The molecule has 1 heterocycles. The fourth-order valence-electron chi connectivity index (χ4n) is 1.38. The van der Waals surface area contributed by atoms with Crippen LogP contribution in [0, 0.1) is 13.8 Å². The number of anilines is 1. The molecular weight excluding hydrogens is 204 g/mol. The van der Waals surface area contributed by atoms with Crippen LogP contribution in [0.3, 0.4) is 0 Å². The van der Waals surface area contributed by atoms with Gasteiger partial charge in [0.2, 0.25) is 0 Å². The molecule has 0 aliphatic rings. The van der Waals surface area contributed by atoms with Crippen molar-refractivity contribution >= 4 is 5.82 Å². The van der Waals surface area contributed by atoms with Gasteiger partial charge in [-0.25, -0.2) is 4.98 Å². The monoisotopic (exact) mass is 224 g/mol. The summed E-state index contributed by atoms with van der Waals surface area (Å²) >= 11 is 0. The van der Waals surface area contributed by atoms with Crippen LogP contribution in [0.1, 0.15) is 11.4 Å². The van der Waals surface area contributed by atoms with Gasteiger partial charge in [-0.2, -0.15) is 0 Å². The van der Waals surface area contributed by atoms with Gasteiger partial charge in [0.05, 0.1) is 24.2 Å². The van der Waals surface area contributed by atoms with E-state index in [1.807, 2.05) is 13.8 Å². The number of hydrogen-bond donors (Lipinski definition) is 1. The molecule has 0 saturated heterocycles. The highest BCUT2D eigenvalue weighted by Gasteiger charge is 2.08.